The molecule has 0 radical (unpaired) electrons. The molecule has 0 spiro atoms. The molecule has 0 unspecified atom stereocenters. The highest BCUT2D eigenvalue weighted by molar-refractivity contribution is 7.92. The zero-order chi connectivity index (χ0) is 27.2. The van der Waals surface area contributed by atoms with Crippen LogP contribution in [0.3, 0.4) is 0 Å². The highest BCUT2D eigenvalue weighted by Crippen LogP contribution is 2.40. The van der Waals surface area contributed by atoms with Gasteiger partial charge >= 0.3 is 0 Å². The largest absolute Gasteiger partial charge is 0.504 e. The molecule has 0 heterocycles. The van der Waals surface area contributed by atoms with Crippen molar-refractivity contribution >= 4 is 27.9 Å². The van der Waals surface area contributed by atoms with E-state index in [-0.39, 0.29) is 33.6 Å². The lowest BCUT2D eigenvalue weighted by atomic mass is 10.1. The van der Waals surface area contributed by atoms with Gasteiger partial charge in [-0.2, -0.15) is 0 Å². The summed E-state index contributed by atoms with van der Waals surface area (Å²) in [6, 6.07) is 10.1. The van der Waals surface area contributed by atoms with E-state index in [4.69, 9.17) is 23.7 Å². The Kier molecular flexibility index (Phi) is 8.61. The van der Waals surface area contributed by atoms with E-state index in [1.165, 1.54) is 52.7 Å². The number of sulfonamides is 1. The zero-order valence-corrected chi connectivity index (χ0v) is 21.9. The average molecular weight is 532 g/mol. The summed E-state index contributed by atoms with van der Waals surface area (Å²) in [5.74, 6) is 0.876. The van der Waals surface area contributed by atoms with Crippen molar-refractivity contribution in [1.29, 1.82) is 0 Å². The number of benzene rings is 3. The molecular formula is C26H29NO9S. The smallest absolute Gasteiger partial charge is 0.262 e. The van der Waals surface area contributed by atoms with Crippen LogP contribution in [-0.4, -0.2) is 53.7 Å². The number of methoxy groups -OCH3 is 4. The van der Waals surface area contributed by atoms with Crippen molar-refractivity contribution in [2.75, 3.05) is 39.8 Å². The van der Waals surface area contributed by atoms with Crippen LogP contribution in [0.5, 0.6) is 40.2 Å². The third-order valence-corrected chi connectivity index (χ3v) is 6.60. The standard InChI is InChI=1S/C26H29NO9S/c1-6-36-22-10-9-18(15-20(22)28)37(30,31)27-19-11-16(12-21(29)25(19)34-4)7-8-17-13-23(32-2)26(35-5)24(14-17)33-3/h7-15,27-29H,6H2,1-5H3. The van der Waals surface area contributed by atoms with Crippen molar-refractivity contribution in [3.63, 3.8) is 0 Å². The molecule has 0 atom stereocenters. The Morgan fingerprint density at radius 2 is 1.35 bits per heavy atom. The van der Waals surface area contributed by atoms with Gasteiger partial charge in [0.05, 0.1) is 45.6 Å². The second-order valence-electron chi connectivity index (χ2n) is 7.58. The molecule has 11 heteroatoms. The molecular weight excluding hydrogens is 502 g/mol. The van der Waals surface area contributed by atoms with Crippen LogP contribution in [0.25, 0.3) is 12.2 Å². The SMILES string of the molecule is CCOc1ccc(S(=O)(=O)Nc2cc(C=Cc3cc(OC)c(OC)c(OC)c3)cc(O)c2OC)cc1O. The number of phenolic OH excluding ortho intramolecular Hbond substituents is 2. The van der Waals surface area contributed by atoms with Crippen LogP contribution in [0.2, 0.25) is 0 Å². The van der Waals surface area contributed by atoms with E-state index >= 15 is 0 Å². The number of hydrogen-bond donors (Lipinski definition) is 3. The molecule has 3 N–H and O–H groups in total. The van der Waals surface area contributed by atoms with Gasteiger partial charge in [-0.25, -0.2) is 8.42 Å². The first kappa shape index (κ1) is 27.3. The summed E-state index contributed by atoms with van der Waals surface area (Å²) < 4.78 is 55.0. The Balaban J connectivity index is 1.97. The molecule has 0 aliphatic heterocycles. The molecule has 0 bridgehead atoms. The molecule has 0 aromatic heterocycles. The molecule has 0 aliphatic carbocycles. The molecule has 198 valence electrons. The van der Waals surface area contributed by atoms with Crippen LogP contribution < -0.4 is 28.4 Å². The van der Waals surface area contributed by atoms with E-state index < -0.39 is 10.0 Å². The third-order valence-electron chi connectivity index (χ3n) is 5.24. The van der Waals surface area contributed by atoms with Crippen molar-refractivity contribution < 1.29 is 42.3 Å². The number of hydrogen-bond acceptors (Lipinski definition) is 9. The fourth-order valence-corrected chi connectivity index (χ4v) is 4.63. The minimum Gasteiger partial charge on any atom is -0.504 e. The van der Waals surface area contributed by atoms with Gasteiger partial charge in [0.25, 0.3) is 10.0 Å². The summed E-state index contributed by atoms with van der Waals surface area (Å²) in [6.07, 6.45) is 3.40. The summed E-state index contributed by atoms with van der Waals surface area (Å²) in [4.78, 5) is -0.201. The zero-order valence-electron chi connectivity index (χ0n) is 21.1. The highest BCUT2D eigenvalue weighted by Gasteiger charge is 2.21. The molecule has 37 heavy (non-hydrogen) atoms. The first-order valence-corrected chi connectivity index (χ1v) is 12.5. The van der Waals surface area contributed by atoms with Crippen molar-refractivity contribution in [3.05, 3.63) is 53.6 Å². The van der Waals surface area contributed by atoms with Gasteiger partial charge in [-0.3, -0.25) is 4.72 Å². The van der Waals surface area contributed by atoms with Crippen LogP contribution >= 0.6 is 0 Å². The maximum Gasteiger partial charge on any atom is 0.262 e. The van der Waals surface area contributed by atoms with Crippen LogP contribution in [0.1, 0.15) is 18.1 Å². The molecule has 0 saturated carbocycles. The Morgan fingerprint density at radius 1 is 0.757 bits per heavy atom. The monoisotopic (exact) mass is 531 g/mol. The number of phenols is 2. The lowest BCUT2D eigenvalue weighted by Crippen LogP contribution is -2.14. The minimum atomic E-state index is -4.15. The van der Waals surface area contributed by atoms with E-state index in [0.717, 1.165) is 6.07 Å². The first-order chi connectivity index (χ1) is 17.7. The number of nitrogens with one attached hydrogen (secondary N) is 1. The lowest BCUT2D eigenvalue weighted by Gasteiger charge is -2.15. The first-order valence-electron chi connectivity index (χ1n) is 11.0. The number of anilines is 1. The van der Waals surface area contributed by atoms with Gasteiger partial charge in [-0.05, 0) is 54.4 Å². The van der Waals surface area contributed by atoms with Crippen LogP contribution in [0.4, 0.5) is 5.69 Å². The molecule has 3 aromatic rings. The summed E-state index contributed by atoms with van der Waals surface area (Å²) >= 11 is 0. The van der Waals surface area contributed by atoms with Gasteiger partial charge in [0.1, 0.15) is 0 Å². The molecule has 0 saturated heterocycles. The van der Waals surface area contributed by atoms with E-state index in [1.54, 1.807) is 31.2 Å². The average Bonchev–Trinajstić information content (AvgIpc) is 2.87. The second kappa shape index (κ2) is 11.7. The third kappa shape index (κ3) is 6.12. The number of aromatic hydroxyl groups is 2. The molecule has 10 nitrogen and oxygen atoms in total. The van der Waals surface area contributed by atoms with Gasteiger partial charge in [0.15, 0.2) is 34.5 Å². The Hall–Kier alpha value is -4.25. The van der Waals surface area contributed by atoms with E-state index in [9.17, 15) is 18.6 Å². The van der Waals surface area contributed by atoms with Gasteiger partial charge in [0.2, 0.25) is 5.75 Å². The maximum atomic E-state index is 13.0. The van der Waals surface area contributed by atoms with Crippen LogP contribution in [0, 0.1) is 0 Å². The Bertz CT molecular complexity index is 1380. The minimum absolute atomic E-state index is 0.000386. The van der Waals surface area contributed by atoms with Gasteiger partial charge in [-0.15, -0.1) is 0 Å². The van der Waals surface area contributed by atoms with E-state index in [1.807, 2.05) is 0 Å². The molecule has 0 aliphatic rings. The van der Waals surface area contributed by atoms with Gasteiger partial charge in [0, 0.05) is 6.07 Å². The fourth-order valence-electron chi connectivity index (χ4n) is 3.56. The normalized spacial score (nSPS) is 11.3. The molecule has 0 fully saturated rings. The second-order valence-corrected chi connectivity index (χ2v) is 9.26. The van der Waals surface area contributed by atoms with Crippen LogP contribution in [0.15, 0.2) is 47.4 Å². The Labute approximate surface area is 215 Å². The van der Waals surface area contributed by atoms with Crippen molar-refractivity contribution in [2.45, 2.75) is 11.8 Å². The predicted octanol–water partition coefficient (Wildman–Crippen LogP) is 4.50. The van der Waals surface area contributed by atoms with Crippen molar-refractivity contribution in [3.8, 4) is 40.2 Å². The summed E-state index contributed by atoms with van der Waals surface area (Å²) in [7, 11) is 1.68. The summed E-state index contributed by atoms with van der Waals surface area (Å²) in [5.41, 5.74) is 1.18. The van der Waals surface area contributed by atoms with Gasteiger partial charge in [-0.1, -0.05) is 12.2 Å². The van der Waals surface area contributed by atoms with E-state index in [0.29, 0.717) is 35.0 Å². The quantitative estimate of drug-likeness (QED) is 0.306. The topological polar surface area (TPSA) is 133 Å². The summed E-state index contributed by atoms with van der Waals surface area (Å²) in [6.45, 7) is 2.05. The maximum absolute atomic E-state index is 13.0. The Morgan fingerprint density at radius 3 is 1.86 bits per heavy atom. The van der Waals surface area contributed by atoms with Crippen LogP contribution in [-0.2, 0) is 10.0 Å². The highest BCUT2D eigenvalue weighted by atomic mass is 32.2. The van der Waals surface area contributed by atoms with Gasteiger partial charge < -0.3 is 33.9 Å². The van der Waals surface area contributed by atoms with Crippen molar-refractivity contribution in [2.24, 2.45) is 0 Å². The predicted molar refractivity (Wildman–Crippen MR) is 140 cm³/mol. The van der Waals surface area contributed by atoms with Crippen molar-refractivity contribution in [1.82, 2.24) is 0 Å². The molecule has 3 rings (SSSR count). The number of ether oxygens (including phenoxy) is 5. The lowest BCUT2D eigenvalue weighted by molar-refractivity contribution is 0.317. The molecule has 0 amide bonds. The van der Waals surface area contributed by atoms with E-state index in [2.05, 4.69) is 4.72 Å². The molecule has 3 aromatic carbocycles. The fraction of sp³-hybridized carbons (Fsp3) is 0.231. The summed E-state index contributed by atoms with van der Waals surface area (Å²) in [5, 5.41) is 20.6. The number of rotatable bonds is 11.